The average molecular weight is 440 g/mol. The number of carbonyl (C=O) groups is 2. The summed E-state index contributed by atoms with van der Waals surface area (Å²) >= 11 is 2.09. The summed E-state index contributed by atoms with van der Waals surface area (Å²) in [7, 11) is 0. The van der Waals surface area contributed by atoms with Crippen LogP contribution in [0.15, 0.2) is 0 Å². The lowest BCUT2D eigenvalue weighted by Crippen LogP contribution is -2.36. The number of amides is 2. The van der Waals surface area contributed by atoms with Crippen LogP contribution in [-0.4, -0.2) is 55.8 Å². The molecule has 0 heterocycles. The van der Waals surface area contributed by atoms with Gasteiger partial charge in [-0.1, -0.05) is 55.2 Å². The highest BCUT2D eigenvalue weighted by molar-refractivity contribution is 14.1. The van der Waals surface area contributed by atoms with Gasteiger partial charge < -0.3 is 15.1 Å². The van der Waals surface area contributed by atoms with Crippen molar-refractivity contribution in [2.24, 2.45) is 0 Å². The van der Waals surface area contributed by atoms with Crippen LogP contribution in [-0.2, 0) is 0 Å². The van der Waals surface area contributed by atoms with E-state index in [0.717, 1.165) is 30.6 Å². The van der Waals surface area contributed by atoms with Crippen LogP contribution in [0.5, 0.6) is 0 Å². The van der Waals surface area contributed by atoms with Gasteiger partial charge in [0.1, 0.15) is 0 Å². The predicted octanol–water partition coefficient (Wildman–Crippen LogP) is 4.34. The van der Waals surface area contributed by atoms with E-state index in [4.69, 9.17) is 10.2 Å². The van der Waals surface area contributed by atoms with E-state index in [2.05, 4.69) is 41.5 Å². The molecule has 0 saturated carbocycles. The Hall–Kier alpha value is -1.17. The second-order valence-electron chi connectivity index (χ2n) is 5.13. The zero-order valence-electron chi connectivity index (χ0n) is 14.5. The lowest BCUT2D eigenvalue weighted by molar-refractivity contribution is 0.131. The Labute approximate surface area is 153 Å². The molecule has 0 bridgehead atoms. The van der Waals surface area contributed by atoms with Gasteiger partial charge in [-0.25, -0.2) is 14.5 Å². The Morgan fingerprint density at radius 2 is 1.57 bits per heavy atom. The number of nitrogens with zero attached hydrogens (tertiary/aromatic N) is 2. The molecule has 0 unspecified atom stereocenters. The lowest BCUT2D eigenvalue weighted by Gasteiger charge is -2.22. The normalized spacial score (nSPS) is 9.30. The molecular weight excluding hydrogens is 411 g/mol. The highest BCUT2D eigenvalue weighted by Gasteiger charge is 2.13. The minimum atomic E-state index is -0.958. The zero-order valence-corrected chi connectivity index (χ0v) is 16.7. The minimum absolute atomic E-state index is 0.0963. The molecule has 7 heteroatoms. The number of alkyl halides is 1. The summed E-state index contributed by atoms with van der Waals surface area (Å²) < 4.78 is 0.660. The Balaban J connectivity index is 0. The number of halogens is 1. The highest BCUT2D eigenvalue weighted by Crippen LogP contribution is 2.01. The van der Waals surface area contributed by atoms with E-state index in [1.165, 1.54) is 4.90 Å². The summed E-state index contributed by atoms with van der Waals surface area (Å²) in [4.78, 5) is 23.7. The molecule has 0 saturated heterocycles. The van der Waals surface area contributed by atoms with Crippen molar-refractivity contribution in [2.45, 2.75) is 59.4 Å². The van der Waals surface area contributed by atoms with Crippen LogP contribution >= 0.6 is 22.6 Å². The van der Waals surface area contributed by atoms with Crippen LogP contribution in [0.25, 0.3) is 0 Å². The number of hydrogen-bond donors (Lipinski definition) is 2. The van der Waals surface area contributed by atoms with Crippen LogP contribution in [0, 0.1) is 12.0 Å². The van der Waals surface area contributed by atoms with E-state index >= 15 is 0 Å². The SMILES string of the molecule is CCCCN(C#CCI)C(=O)O.CCCCN(C(=O)O)C(C)C. The Kier molecular flexibility index (Phi) is 16.5. The van der Waals surface area contributed by atoms with Crippen molar-refractivity contribution in [3.63, 3.8) is 0 Å². The molecular formula is C16H29IN2O4. The average Bonchev–Trinajstić information content (AvgIpc) is 2.47. The van der Waals surface area contributed by atoms with E-state index in [1.807, 2.05) is 20.8 Å². The van der Waals surface area contributed by atoms with Crippen LogP contribution in [0.1, 0.15) is 53.4 Å². The fourth-order valence-electron chi connectivity index (χ4n) is 1.54. The van der Waals surface area contributed by atoms with Gasteiger partial charge in [-0.05, 0) is 26.7 Å². The predicted molar refractivity (Wildman–Crippen MR) is 101 cm³/mol. The van der Waals surface area contributed by atoms with Crippen LogP contribution < -0.4 is 0 Å². The third kappa shape index (κ3) is 14.2. The summed E-state index contributed by atoms with van der Waals surface area (Å²) in [6.07, 6.45) is 2.06. The van der Waals surface area contributed by atoms with E-state index in [9.17, 15) is 9.59 Å². The molecule has 2 amide bonds. The number of rotatable bonds is 7. The molecule has 0 aliphatic heterocycles. The maximum atomic E-state index is 10.6. The van der Waals surface area contributed by atoms with Crippen molar-refractivity contribution in [3.05, 3.63) is 0 Å². The molecule has 0 aromatic rings. The van der Waals surface area contributed by atoms with Gasteiger partial charge in [0.05, 0.1) is 4.43 Å². The zero-order chi connectivity index (χ0) is 18.3. The van der Waals surface area contributed by atoms with Crippen LogP contribution in [0.2, 0.25) is 0 Å². The Morgan fingerprint density at radius 3 is 1.91 bits per heavy atom. The Morgan fingerprint density at radius 1 is 1.04 bits per heavy atom. The quantitative estimate of drug-likeness (QED) is 0.267. The van der Waals surface area contributed by atoms with Gasteiger partial charge in [0.25, 0.3) is 0 Å². The van der Waals surface area contributed by atoms with Gasteiger partial charge in [-0.2, -0.15) is 0 Å². The summed E-state index contributed by atoms with van der Waals surface area (Å²) in [6.45, 7) is 9.03. The molecule has 0 aromatic carbocycles. The standard InChI is InChI=1S/C8H12INO2.C8H17NO2/c1-2-3-6-10(8(11)12)7-4-5-9;1-4-5-6-9(7(2)3)8(10)11/h2-3,5-6H2,1H3,(H,11,12);7H,4-6H2,1-3H3,(H,10,11). The van der Waals surface area contributed by atoms with Crippen molar-refractivity contribution in [2.75, 3.05) is 17.5 Å². The molecule has 0 fully saturated rings. The van der Waals surface area contributed by atoms with E-state index in [0.29, 0.717) is 17.5 Å². The number of carboxylic acid groups (broad SMARTS) is 2. The first kappa shape index (κ1) is 24.1. The third-order valence-corrected chi connectivity index (χ3v) is 3.25. The molecule has 0 aliphatic carbocycles. The maximum Gasteiger partial charge on any atom is 0.419 e. The van der Waals surface area contributed by atoms with E-state index < -0.39 is 12.2 Å². The smallest absolute Gasteiger partial charge is 0.419 e. The second-order valence-corrected chi connectivity index (χ2v) is 5.90. The third-order valence-electron chi connectivity index (χ3n) is 2.87. The molecule has 0 radical (unpaired) electrons. The molecule has 6 nitrogen and oxygen atoms in total. The van der Waals surface area contributed by atoms with Gasteiger partial charge in [-0.3, -0.25) is 0 Å². The van der Waals surface area contributed by atoms with Gasteiger partial charge in [-0.15, -0.1) is 0 Å². The van der Waals surface area contributed by atoms with Crippen molar-refractivity contribution in [1.29, 1.82) is 0 Å². The summed E-state index contributed by atoms with van der Waals surface area (Å²) in [5.41, 5.74) is 0. The largest absolute Gasteiger partial charge is 0.465 e. The lowest BCUT2D eigenvalue weighted by atomic mass is 10.3. The van der Waals surface area contributed by atoms with Gasteiger partial charge >= 0.3 is 12.2 Å². The highest BCUT2D eigenvalue weighted by atomic mass is 127. The van der Waals surface area contributed by atoms with E-state index in [1.54, 1.807) is 0 Å². The van der Waals surface area contributed by atoms with E-state index in [-0.39, 0.29) is 6.04 Å². The molecule has 0 rings (SSSR count). The Bertz CT molecular complexity index is 391. The monoisotopic (exact) mass is 440 g/mol. The first-order valence-corrected chi connectivity index (χ1v) is 9.38. The van der Waals surface area contributed by atoms with Crippen molar-refractivity contribution < 1.29 is 19.8 Å². The second kappa shape index (κ2) is 15.7. The van der Waals surface area contributed by atoms with Gasteiger partial charge in [0.2, 0.25) is 0 Å². The molecule has 2 N–H and O–H groups in total. The number of unbranched alkanes of at least 4 members (excludes halogenated alkanes) is 2. The first-order chi connectivity index (χ1) is 10.8. The van der Waals surface area contributed by atoms with Gasteiger partial charge in [0, 0.05) is 25.2 Å². The molecule has 0 aromatic heterocycles. The summed E-state index contributed by atoms with van der Waals surface area (Å²) in [5, 5.41) is 17.3. The summed E-state index contributed by atoms with van der Waals surface area (Å²) in [6, 6.07) is 2.68. The minimum Gasteiger partial charge on any atom is -0.465 e. The fraction of sp³-hybridized carbons (Fsp3) is 0.750. The van der Waals surface area contributed by atoms with Crippen LogP contribution in [0.3, 0.4) is 0 Å². The van der Waals surface area contributed by atoms with Gasteiger partial charge in [0.15, 0.2) is 0 Å². The first-order valence-electron chi connectivity index (χ1n) is 7.86. The van der Waals surface area contributed by atoms with Crippen molar-refractivity contribution in [1.82, 2.24) is 9.80 Å². The molecule has 0 aliphatic rings. The molecule has 134 valence electrons. The van der Waals surface area contributed by atoms with Crippen molar-refractivity contribution in [3.8, 4) is 12.0 Å². The molecule has 23 heavy (non-hydrogen) atoms. The van der Waals surface area contributed by atoms with Crippen LogP contribution in [0.4, 0.5) is 9.59 Å². The number of hydrogen-bond acceptors (Lipinski definition) is 2. The topological polar surface area (TPSA) is 81.1 Å². The maximum absolute atomic E-state index is 10.6. The fourth-order valence-corrected chi connectivity index (χ4v) is 1.71. The van der Waals surface area contributed by atoms with Crippen molar-refractivity contribution >= 4 is 34.8 Å². The molecule has 0 atom stereocenters. The summed E-state index contributed by atoms with van der Waals surface area (Å²) in [5.74, 6) is 2.72. The molecule has 0 spiro atoms.